The lowest BCUT2D eigenvalue weighted by atomic mass is 10.1. The molecule has 0 bridgehead atoms. The molecule has 1 aliphatic rings. The molecule has 0 aliphatic carbocycles. The molecule has 0 unspecified atom stereocenters. The number of benzene rings is 1. The van der Waals surface area contributed by atoms with E-state index >= 15 is 0 Å². The van der Waals surface area contributed by atoms with E-state index in [1.54, 1.807) is 0 Å². The Bertz CT molecular complexity index is 552. The highest BCUT2D eigenvalue weighted by atomic mass is 15.1. The maximum atomic E-state index is 4.70. The monoisotopic (exact) mass is 258 g/mol. The van der Waals surface area contributed by atoms with E-state index in [1.807, 2.05) is 6.07 Å². The van der Waals surface area contributed by atoms with E-state index in [9.17, 15) is 0 Å². The summed E-state index contributed by atoms with van der Waals surface area (Å²) in [6.45, 7) is 3.25. The Hall–Kier alpha value is -1.39. The lowest BCUT2D eigenvalue weighted by molar-refractivity contribution is 0.233. The lowest BCUT2D eigenvalue weighted by Crippen LogP contribution is -2.40. The molecule has 1 aromatic heterocycles. The standard InChI is InChI=1S/C15H22N4/c1-18-9-7-12(8-10-18)16-11-15-17-13-5-3-4-6-14(13)19(15)2/h3-6,12,16H,7-11H2,1-2H3. The van der Waals surface area contributed by atoms with E-state index in [2.05, 4.69) is 47.1 Å². The van der Waals surface area contributed by atoms with Crippen LogP contribution in [0.25, 0.3) is 11.0 Å². The zero-order chi connectivity index (χ0) is 13.2. The Morgan fingerprint density at radius 1 is 1.21 bits per heavy atom. The Balaban J connectivity index is 1.67. The van der Waals surface area contributed by atoms with Gasteiger partial charge in [-0.05, 0) is 45.1 Å². The predicted molar refractivity (Wildman–Crippen MR) is 78.1 cm³/mol. The van der Waals surface area contributed by atoms with Crippen LogP contribution >= 0.6 is 0 Å². The van der Waals surface area contributed by atoms with Crippen LogP contribution in [0.1, 0.15) is 18.7 Å². The summed E-state index contributed by atoms with van der Waals surface area (Å²) in [6.07, 6.45) is 2.47. The fourth-order valence-corrected chi connectivity index (χ4v) is 2.80. The van der Waals surface area contributed by atoms with Crippen molar-refractivity contribution in [1.82, 2.24) is 19.8 Å². The Morgan fingerprint density at radius 2 is 1.95 bits per heavy atom. The summed E-state index contributed by atoms with van der Waals surface area (Å²) in [5, 5.41) is 3.65. The predicted octanol–water partition coefficient (Wildman–Crippen LogP) is 1.76. The molecule has 1 N–H and O–H groups in total. The van der Waals surface area contributed by atoms with Crippen molar-refractivity contribution >= 4 is 11.0 Å². The number of aromatic nitrogens is 2. The summed E-state index contributed by atoms with van der Waals surface area (Å²) in [5.74, 6) is 1.13. The van der Waals surface area contributed by atoms with Crippen molar-refractivity contribution in [3.63, 3.8) is 0 Å². The van der Waals surface area contributed by atoms with Crippen molar-refractivity contribution in [2.24, 2.45) is 7.05 Å². The second-order valence-electron chi connectivity index (χ2n) is 5.53. The van der Waals surface area contributed by atoms with Gasteiger partial charge in [-0.2, -0.15) is 0 Å². The van der Waals surface area contributed by atoms with E-state index in [-0.39, 0.29) is 0 Å². The molecule has 0 atom stereocenters. The number of imidazole rings is 1. The van der Waals surface area contributed by atoms with Crippen LogP contribution in [-0.2, 0) is 13.6 Å². The number of hydrogen-bond donors (Lipinski definition) is 1. The van der Waals surface area contributed by atoms with Crippen LogP contribution in [-0.4, -0.2) is 40.6 Å². The Labute approximate surface area is 114 Å². The number of fused-ring (bicyclic) bond motifs is 1. The third-order valence-corrected chi connectivity index (χ3v) is 4.15. The van der Waals surface area contributed by atoms with Crippen molar-refractivity contribution < 1.29 is 0 Å². The molecule has 102 valence electrons. The summed E-state index contributed by atoms with van der Waals surface area (Å²) < 4.78 is 2.19. The molecular weight excluding hydrogens is 236 g/mol. The van der Waals surface area contributed by atoms with E-state index in [0.29, 0.717) is 6.04 Å². The Morgan fingerprint density at radius 3 is 2.68 bits per heavy atom. The van der Waals surface area contributed by atoms with E-state index in [0.717, 1.165) is 17.9 Å². The number of nitrogens with zero attached hydrogens (tertiary/aromatic N) is 3. The van der Waals surface area contributed by atoms with Crippen LogP contribution in [0.4, 0.5) is 0 Å². The molecule has 1 fully saturated rings. The normalized spacial score (nSPS) is 18.2. The van der Waals surface area contributed by atoms with Crippen LogP contribution in [0.3, 0.4) is 0 Å². The van der Waals surface area contributed by atoms with Crippen LogP contribution in [0, 0.1) is 0 Å². The van der Waals surface area contributed by atoms with Gasteiger partial charge in [0, 0.05) is 13.1 Å². The molecule has 0 saturated carbocycles. The lowest BCUT2D eigenvalue weighted by Gasteiger charge is -2.29. The third-order valence-electron chi connectivity index (χ3n) is 4.15. The minimum Gasteiger partial charge on any atom is -0.330 e. The summed E-state index contributed by atoms with van der Waals surface area (Å²) in [5.41, 5.74) is 2.30. The van der Waals surface area contributed by atoms with Gasteiger partial charge in [-0.25, -0.2) is 4.98 Å². The van der Waals surface area contributed by atoms with Crippen molar-refractivity contribution in [2.75, 3.05) is 20.1 Å². The first kappa shape index (κ1) is 12.6. The summed E-state index contributed by atoms with van der Waals surface area (Å²) in [4.78, 5) is 7.10. The first-order chi connectivity index (χ1) is 9.24. The molecule has 0 spiro atoms. The fourth-order valence-electron chi connectivity index (χ4n) is 2.80. The van der Waals surface area contributed by atoms with Gasteiger partial charge < -0.3 is 14.8 Å². The molecule has 4 heteroatoms. The van der Waals surface area contributed by atoms with Gasteiger partial charge >= 0.3 is 0 Å². The smallest absolute Gasteiger partial charge is 0.123 e. The molecule has 1 saturated heterocycles. The third kappa shape index (κ3) is 2.65. The van der Waals surface area contributed by atoms with Crippen molar-refractivity contribution in [1.29, 1.82) is 0 Å². The van der Waals surface area contributed by atoms with Gasteiger partial charge in [0.05, 0.1) is 17.6 Å². The zero-order valence-electron chi connectivity index (χ0n) is 11.8. The van der Waals surface area contributed by atoms with Crippen molar-refractivity contribution in [3.8, 4) is 0 Å². The van der Waals surface area contributed by atoms with Gasteiger partial charge in [0.1, 0.15) is 5.82 Å². The van der Waals surface area contributed by atoms with Crippen LogP contribution in [0.5, 0.6) is 0 Å². The SMILES string of the molecule is CN1CCC(NCc2nc3ccccc3n2C)CC1. The summed E-state index contributed by atoms with van der Waals surface area (Å²) in [7, 11) is 4.29. The number of piperidine rings is 1. The minimum atomic E-state index is 0.635. The molecule has 2 heterocycles. The quantitative estimate of drug-likeness (QED) is 0.910. The highest BCUT2D eigenvalue weighted by Gasteiger charge is 2.16. The van der Waals surface area contributed by atoms with Crippen LogP contribution < -0.4 is 5.32 Å². The number of aryl methyl sites for hydroxylation is 1. The van der Waals surface area contributed by atoms with Gasteiger partial charge in [-0.1, -0.05) is 12.1 Å². The van der Waals surface area contributed by atoms with E-state index < -0.39 is 0 Å². The second-order valence-corrected chi connectivity index (χ2v) is 5.53. The molecule has 1 aromatic carbocycles. The van der Waals surface area contributed by atoms with Gasteiger partial charge in [0.15, 0.2) is 0 Å². The molecule has 1 aliphatic heterocycles. The largest absolute Gasteiger partial charge is 0.330 e. The zero-order valence-corrected chi connectivity index (χ0v) is 11.8. The maximum absolute atomic E-state index is 4.70. The fraction of sp³-hybridized carbons (Fsp3) is 0.533. The number of hydrogen-bond acceptors (Lipinski definition) is 3. The maximum Gasteiger partial charge on any atom is 0.123 e. The van der Waals surface area contributed by atoms with E-state index in [1.165, 1.54) is 31.4 Å². The highest BCUT2D eigenvalue weighted by molar-refractivity contribution is 5.75. The number of para-hydroxylation sites is 2. The first-order valence-corrected chi connectivity index (χ1v) is 7.06. The molecule has 3 rings (SSSR count). The molecule has 2 aromatic rings. The minimum absolute atomic E-state index is 0.635. The number of rotatable bonds is 3. The molecule has 0 radical (unpaired) electrons. The summed E-state index contributed by atoms with van der Waals surface area (Å²) >= 11 is 0. The van der Waals surface area contributed by atoms with Gasteiger partial charge in [-0.3, -0.25) is 0 Å². The molecule has 0 amide bonds. The van der Waals surface area contributed by atoms with Crippen LogP contribution in [0.15, 0.2) is 24.3 Å². The topological polar surface area (TPSA) is 33.1 Å². The average molecular weight is 258 g/mol. The Kier molecular flexibility index (Phi) is 3.53. The van der Waals surface area contributed by atoms with E-state index in [4.69, 9.17) is 4.98 Å². The number of likely N-dealkylation sites (tertiary alicyclic amines) is 1. The van der Waals surface area contributed by atoms with Gasteiger partial charge in [0.2, 0.25) is 0 Å². The first-order valence-electron chi connectivity index (χ1n) is 7.06. The summed E-state index contributed by atoms with van der Waals surface area (Å²) in [6, 6.07) is 8.95. The second kappa shape index (κ2) is 5.31. The van der Waals surface area contributed by atoms with Gasteiger partial charge in [0.25, 0.3) is 0 Å². The molecule has 4 nitrogen and oxygen atoms in total. The van der Waals surface area contributed by atoms with Crippen LogP contribution in [0.2, 0.25) is 0 Å². The van der Waals surface area contributed by atoms with Crippen molar-refractivity contribution in [3.05, 3.63) is 30.1 Å². The highest BCUT2D eigenvalue weighted by Crippen LogP contribution is 2.15. The average Bonchev–Trinajstić information content (AvgIpc) is 2.76. The van der Waals surface area contributed by atoms with Crippen molar-refractivity contribution in [2.45, 2.75) is 25.4 Å². The van der Waals surface area contributed by atoms with Gasteiger partial charge in [-0.15, -0.1) is 0 Å². The molecule has 19 heavy (non-hydrogen) atoms. The number of nitrogens with one attached hydrogen (secondary N) is 1. The molecular formula is C15H22N4.